The lowest BCUT2D eigenvalue weighted by molar-refractivity contribution is 0.773. The summed E-state index contributed by atoms with van der Waals surface area (Å²) < 4.78 is 0. The number of benzene rings is 1. The van der Waals surface area contributed by atoms with Crippen LogP contribution in [0.4, 0.5) is 0 Å². The van der Waals surface area contributed by atoms with Gasteiger partial charge in [-0.3, -0.25) is 4.99 Å². The fourth-order valence-electron chi connectivity index (χ4n) is 1.44. The highest BCUT2D eigenvalue weighted by atomic mass is 35.5. The van der Waals surface area contributed by atoms with Gasteiger partial charge in [0.25, 0.3) is 0 Å². The van der Waals surface area contributed by atoms with Gasteiger partial charge in [-0.05, 0) is 30.5 Å². The molecule has 0 aliphatic heterocycles. The minimum absolute atomic E-state index is 0.780. The molecule has 0 saturated carbocycles. The van der Waals surface area contributed by atoms with Crippen molar-refractivity contribution in [3.8, 4) is 0 Å². The smallest absolute Gasteiger partial charge is 0.190 e. The van der Waals surface area contributed by atoms with Crippen LogP contribution in [0.15, 0.2) is 29.3 Å². The number of hydrogen-bond donors (Lipinski definition) is 2. The van der Waals surface area contributed by atoms with Gasteiger partial charge in [0.1, 0.15) is 0 Å². The van der Waals surface area contributed by atoms with E-state index in [1.807, 2.05) is 24.3 Å². The molecule has 0 heterocycles. The highest BCUT2D eigenvalue weighted by molar-refractivity contribution is 6.30. The van der Waals surface area contributed by atoms with Crippen LogP contribution < -0.4 is 10.6 Å². The zero-order valence-electron chi connectivity index (χ0n) is 10.5. The first-order valence-electron chi connectivity index (χ1n) is 5.95. The minimum Gasteiger partial charge on any atom is -0.356 e. The summed E-state index contributed by atoms with van der Waals surface area (Å²) in [6.45, 7) is 3.94. The molecule has 0 radical (unpaired) electrons. The summed E-state index contributed by atoms with van der Waals surface area (Å²) in [6.07, 6.45) is 2.06. The van der Waals surface area contributed by atoms with Gasteiger partial charge in [-0.15, -0.1) is 0 Å². The van der Waals surface area contributed by atoms with Crippen LogP contribution in [0.1, 0.15) is 18.9 Å². The molecule has 2 N–H and O–H groups in total. The number of hydrogen-bond acceptors (Lipinski definition) is 1. The Morgan fingerprint density at radius 2 is 1.82 bits per heavy atom. The lowest BCUT2D eigenvalue weighted by Gasteiger charge is -2.10. The van der Waals surface area contributed by atoms with Gasteiger partial charge in [-0.25, -0.2) is 0 Å². The maximum atomic E-state index is 5.83. The molecule has 0 aliphatic carbocycles. The van der Waals surface area contributed by atoms with Crippen LogP contribution in [-0.2, 0) is 6.42 Å². The summed E-state index contributed by atoms with van der Waals surface area (Å²) in [7, 11) is 1.79. The first-order valence-corrected chi connectivity index (χ1v) is 6.33. The summed E-state index contributed by atoms with van der Waals surface area (Å²) in [5.74, 6) is 0.862. The van der Waals surface area contributed by atoms with Crippen LogP contribution >= 0.6 is 11.6 Å². The third kappa shape index (κ3) is 5.59. The molecule has 0 atom stereocenters. The first kappa shape index (κ1) is 13.8. The number of rotatable bonds is 5. The second-order valence-electron chi connectivity index (χ2n) is 3.80. The largest absolute Gasteiger partial charge is 0.356 e. The molecule has 0 fully saturated rings. The fourth-order valence-corrected chi connectivity index (χ4v) is 1.57. The van der Waals surface area contributed by atoms with E-state index in [2.05, 4.69) is 22.5 Å². The minimum atomic E-state index is 0.780. The first-order chi connectivity index (χ1) is 8.26. The fraction of sp³-hybridized carbons (Fsp3) is 0.462. The highest BCUT2D eigenvalue weighted by Crippen LogP contribution is 2.09. The summed E-state index contributed by atoms with van der Waals surface area (Å²) in [4.78, 5) is 4.14. The van der Waals surface area contributed by atoms with Crippen molar-refractivity contribution in [2.45, 2.75) is 19.8 Å². The van der Waals surface area contributed by atoms with E-state index in [-0.39, 0.29) is 0 Å². The molecule has 4 heteroatoms. The molecule has 17 heavy (non-hydrogen) atoms. The number of aliphatic imine (C=N–C) groups is 1. The normalized spacial score (nSPS) is 11.4. The molecular formula is C13H20ClN3. The van der Waals surface area contributed by atoms with E-state index in [0.29, 0.717) is 0 Å². The molecule has 1 aromatic carbocycles. The van der Waals surface area contributed by atoms with Gasteiger partial charge >= 0.3 is 0 Å². The van der Waals surface area contributed by atoms with E-state index < -0.39 is 0 Å². The molecular weight excluding hydrogens is 234 g/mol. The predicted octanol–water partition coefficient (Wildman–Crippen LogP) is 2.46. The van der Waals surface area contributed by atoms with Crippen LogP contribution in [0, 0.1) is 0 Å². The maximum Gasteiger partial charge on any atom is 0.190 e. The van der Waals surface area contributed by atoms with Crippen LogP contribution in [0.3, 0.4) is 0 Å². The third-order valence-corrected chi connectivity index (χ3v) is 2.64. The van der Waals surface area contributed by atoms with E-state index >= 15 is 0 Å². The Kier molecular flexibility index (Phi) is 6.48. The molecule has 0 saturated heterocycles. The maximum absolute atomic E-state index is 5.83. The van der Waals surface area contributed by atoms with Gasteiger partial charge in [0.05, 0.1) is 0 Å². The van der Waals surface area contributed by atoms with Gasteiger partial charge < -0.3 is 10.6 Å². The van der Waals surface area contributed by atoms with Crippen LogP contribution in [0.25, 0.3) is 0 Å². The molecule has 1 rings (SSSR count). The standard InChI is InChI=1S/C13H20ClN3/c1-3-9-16-13(15-2)17-10-8-11-4-6-12(14)7-5-11/h4-7H,3,8-10H2,1-2H3,(H2,15,16,17). The van der Waals surface area contributed by atoms with Crippen LogP contribution in [0.2, 0.25) is 5.02 Å². The van der Waals surface area contributed by atoms with Gasteiger partial charge in [0.2, 0.25) is 0 Å². The number of nitrogens with one attached hydrogen (secondary N) is 2. The Labute approximate surface area is 108 Å². The quantitative estimate of drug-likeness (QED) is 0.625. The SMILES string of the molecule is CCCNC(=NC)NCCc1ccc(Cl)cc1. The number of nitrogens with zero attached hydrogens (tertiary/aromatic N) is 1. The lowest BCUT2D eigenvalue weighted by Crippen LogP contribution is -2.38. The summed E-state index contributed by atoms with van der Waals surface area (Å²) in [6, 6.07) is 7.93. The molecule has 3 nitrogen and oxygen atoms in total. The summed E-state index contributed by atoms with van der Waals surface area (Å²) >= 11 is 5.83. The zero-order chi connectivity index (χ0) is 12.5. The van der Waals surface area contributed by atoms with Crippen LogP contribution in [0.5, 0.6) is 0 Å². The van der Waals surface area contributed by atoms with Crippen molar-refractivity contribution in [3.05, 3.63) is 34.9 Å². The van der Waals surface area contributed by atoms with E-state index in [4.69, 9.17) is 11.6 Å². The Bertz CT molecular complexity index is 346. The van der Waals surface area contributed by atoms with Crippen molar-refractivity contribution in [1.29, 1.82) is 0 Å². The van der Waals surface area contributed by atoms with Gasteiger partial charge in [0, 0.05) is 25.2 Å². The number of guanidine groups is 1. The summed E-state index contributed by atoms with van der Waals surface area (Å²) in [5.41, 5.74) is 1.27. The average Bonchev–Trinajstić information content (AvgIpc) is 2.36. The molecule has 0 aromatic heterocycles. The molecule has 94 valence electrons. The van der Waals surface area contributed by atoms with E-state index in [0.717, 1.165) is 36.9 Å². The number of halogens is 1. The molecule has 0 unspecified atom stereocenters. The second-order valence-corrected chi connectivity index (χ2v) is 4.24. The molecule has 0 bridgehead atoms. The van der Waals surface area contributed by atoms with Gasteiger partial charge in [-0.1, -0.05) is 30.7 Å². The van der Waals surface area contributed by atoms with E-state index in [9.17, 15) is 0 Å². The molecule has 0 amide bonds. The van der Waals surface area contributed by atoms with Crippen molar-refractivity contribution < 1.29 is 0 Å². The highest BCUT2D eigenvalue weighted by Gasteiger charge is 1.96. The third-order valence-electron chi connectivity index (χ3n) is 2.39. The topological polar surface area (TPSA) is 36.4 Å². The van der Waals surface area contributed by atoms with Crippen molar-refractivity contribution in [2.24, 2.45) is 4.99 Å². The van der Waals surface area contributed by atoms with Gasteiger partial charge in [0.15, 0.2) is 5.96 Å². The monoisotopic (exact) mass is 253 g/mol. The van der Waals surface area contributed by atoms with Crippen molar-refractivity contribution in [3.63, 3.8) is 0 Å². The average molecular weight is 254 g/mol. The van der Waals surface area contributed by atoms with Crippen molar-refractivity contribution in [2.75, 3.05) is 20.1 Å². The lowest BCUT2D eigenvalue weighted by atomic mass is 10.1. The Morgan fingerprint density at radius 1 is 1.18 bits per heavy atom. The summed E-state index contributed by atoms with van der Waals surface area (Å²) in [5, 5.41) is 7.29. The van der Waals surface area contributed by atoms with E-state index in [1.54, 1.807) is 7.05 Å². The Hall–Kier alpha value is -1.22. The van der Waals surface area contributed by atoms with Gasteiger partial charge in [-0.2, -0.15) is 0 Å². The Balaban J connectivity index is 2.29. The second kappa shape index (κ2) is 7.96. The molecule has 0 spiro atoms. The van der Waals surface area contributed by atoms with E-state index in [1.165, 1.54) is 5.56 Å². The molecule has 1 aromatic rings. The van der Waals surface area contributed by atoms with Crippen molar-refractivity contribution >= 4 is 17.6 Å². The van der Waals surface area contributed by atoms with Crippen LogP contribution in [-0.4, -0.2) is 26.1 Å². The predicted molar refractivity (Wildman–Crippen MR) is 74.8 cm³/mol. The zero-order valence-corrected chi connectivity index (χ0v) is 11.2. The molecule has 0 aliphatic rings. The van der Waals surface area contributed by atoms with Crippen molar-refractivity contribution in [1.82, 2.24) is 10.6 Å². The Morgan fingerprint density at radius 3 is 2.41 bits per heavy atom.